The number of aryl methyl sites for hydroxylation is 1. The van der Waals surface area contributed by atoms with Crippen molar-refractivity contribution in [1.82, 2.24) is 0 Å². The summed E-state index contributed by atoms with van der Waals surface area (Å²) in [5.74, 6) is 0. The second-order valence-corrected chi connectivity index (χ2v) is 10.3. The average Bonchev–Trinajstić information content (AvgIpc) is 2.95. The molecule has 3 aromatic rings. The lowest BCUT2D eigenvalue weighted by molar-refractivity contribution is -0.375. The molecular weight excluding hydrogens is 560 g/mol. The van der Waals surface area contributed by atoms with Gasteiger partial charge in [0.05, 0.1) is 13.2 Å². The van der Waals surface area contributed by atoms with Crippen LogP contribution in [0.5, 0.6) is 0 Å². The van der Waals surface area contributed by atoms with E-state index in [9.17, 15) is 37.3 Å². The molecule has 0 aromatic heterocycles. The Bertz CT molecular complexity index is 1320. The van der Waals surface area contributed by atoms with Crippen LogP contribution in [0.25, 0.3) is 11.1 Å². The molecule has 0 spiro atoms. The summed E-state index contributed by atoms with van der Waals surface area (Å²) in [6, 6.07) is 13.5. The third-order valence-corrected chi connectivity index (χ3v) is 7.41. The van der Waals surface area contributed by atoms with Crippen LogP contribution >= 0.6 is 0 Å². The second-order valence-electron chi connectivity index (χ2n) is 10.3. The summed E-state index contributed by atoms with van der Waals surface area (Å²) in [6.07, 6.45) is -10.7. The summed E-state index contributed by atoms with van der Waals surface area (Å²) < 4.78 is 90.0. The van der Waals surface area contributed by atoms with Crippen LogP contribution in [0.1, 0.15) is 67.0 Å². The molecule has 3 rings (SSSR count). The van der Waals surface area contributed by atoms with Crippen LogP contribution in [0.2, 0.25) is 0 Å². The number of rotatable bonds is 13. The molecule has 0 aliphatic carbocycles. The number of aliphatic hydroxyl groups is 3. The lowest BCUT2D eigenvalue weighted by atomic mass is 9.80. The summed E-state index contributed by atoms with van der Waals surface area (Å²) in [5.41, 5.74) is -5.18. The molecule has 3 aromatic carbocycles. The van der Waals surface area contributed by atoms with E-state index >= 15 is 4.39 Å². The van der Waals surface area contributed by atoms with Gasteiger partial charge in [-0.15, -0.1) is 0 Å². The Labute approximate surface area is 242 Å². The molecule has 1 atom stereocenters. The number of aliphatic hydroxyl groups excluding tert-OH is 2. The molecular formula is C32H37F6NO3. The average molecular weight is 598 g/mol. The van der Waals surface area contributed by atoms with E-state index in [0.29, 0.717) is 47.1 Å². The molecule has 1 unspecified atom stereocenters. The maximum atomic E-state index is 16.5. The Morgan fingerprint density at radius 2 is 1.40 bits per heavy atom. The first-order valence-electron chi connectivity index (χ1n) is 14.0. The third kappa shape index (κ3) is 6.45. The van der Waals surface area contributed by atoms with E-state index in [1.165, 1.54) is 35.2 Å². The van der Waals surface area contributed by atoms with Gasteiger partial charge in [0.1, 0.15) is 0 Å². The highest BCUT2D eigenvalue weighted by Gasteiger charge is 2.74. The monoisotopic (exact) mass is 597 g/mol. The van der Waals surface area contributed by atoms with Crippen LogP contribution in [0.4, 0.5) is 32.0 Å². The minimum Gasteiger partial charge on any atom is -0.392 e. The fourth-order valence-corrected chi connectivity index (χ4v) is 5.45. The SMILES string of the molecule is CCCc1c(CC)cc(-c2ccccc2)c(C(F)(C(O)(F)F)C(F)(F)F)c1N(CCC)Cc1ccc(CO)c(CO)c1. The Hall–Kier alpha value is -3.08. The van der Waals surface area contributed by atoms with E-state index in [4.69, 9.17) is 0 Å². The molecule has 0 heterocycles. The van der Waals surface area contributed by atoms with E-state index in [1.54, 1.807) is 45.0 Å². The summed E-state index contributed by atoms with van der Waals surface area (Å²) in [4.78, 5) is 1.45. The number of hydrogen-bond acceptors (Lipinski definition) is 4. The van der Waals surface area contributed by atoms with Crippen molar-refractivity contribution in [3.63, 3.8) is 0 Å². The number of nitrogens with zero attached hydrogens (tertiary/aromatic N) is 1. The Kier molecular flexibility index (Phi) is 10.7. The van der Waals surface area contributed by atoms with Gasteiger partial charge < -0.3 is 20.2 Å². The van der Waals surface area contributed by atoms with Crippen molar-refractivity contribution in [3.05, 3.63) is 88.0 Å². The van der Waals surface area contributed by atoms with Gasteiger partial charge in [-0.05, 0) is 58.2 Å². The minimum atomic E-state index is -6.19. The van der Waals surface area contributed by atoms with Gasteiger partial charge in [0.2, 0.25) is 0 Å². The molecule has 0 fully saturated rings. The zero-order chi connectivity index (χ0) is 31.3. The maximum Gasteiger partial charge on any atom is 0.435 e. The minimum absolute atomic E-state index is 0.0757. The molecule has 0 saturated heterocycles. The first kappa shape index (κ1) is 33.4. The molecule has 0 saturated carbocycles. The first-order chi connectivity index (χ1) is 19.8. The summed E-state index contributed by atoms with van der Waals surface area (Å²) >= 11 is 0. The van der Waals surface area contributed by atoms with Crippen LogP contribution in [-0.4, -0.2) is 34.1 Å². The zero-order valence-corrected chi connectivity index (χ0v) is 23.9. The highest BCUT2D eigenvalue weighted by Crippen LogP contribution is 2.57. The number of alkyl halides is 6. The Morgan fingerprint density at radius 1 is 0.762 bits per heavy atom. The number of benzene rings is 3. The van der Waals surface area contributed by atoms with Gasteiger partial charge in [-0.1, -0.05) is 81.8 Å². The van der Waals surface area contributed by atoms with Crippen molar-refractivity contribution < 1.29 is 41.7 Å². The van der Waals surface area contributed by atoms with Crippen LogP contribution < -0.4 is 4.90 Å². The summed E-state index contributed by atoms with van der Waals surface area (Å²) in [7, 11) is 0. The molecule has 0 aliphatic rings. The molecule has 42 heavy (non-hydrogen) atoms. The maximum absolute atomic E-state index is 16.5. The highest BCUT2D eigenvalue weighted by molar-refractivity contribution is 5.80. The van der Waals surface area contributed by atoms with Gasteiger partial charge in [0, 0.05) is 24.3 Å². The molecule has 3 N–H and O–H groups in total. The van der Waals surface area contributed by atoms with E-state index in [0.717, 1.165) is 0 Å². The topological polar surface area (TPSA) is 63.9 Å². The predicted molar refractivity (Wildman–Crippen MR) is 151 cm³/mol. The zero-order valence-electron chi connectivity index (χ0n) is 23.9. The third-order valence-electron chi connectivity index (χ3n) is 7.41. The molecule has 0 amide bonds. The quantitative estimate of drug-likeness (QED) is 0.178. The molecule has 0 aliphatic heterocycles. The van der Waals surface area contributed by atoms with Crippen molar-refractivity contribution in [2.45, 2.75) is 84.2 Å². The van der Waals surface area contributed by atoms with E-state index in [1.807, 2.05) is 0 Å². The highest BCUT2D eigenvalue weighted by atomic mass is 19.4. The van der Waals surface area contributed by atoms with Crippen molar-refractivity contribution in [2.75, 3.05) is 11.4 Å². The van der Waals surface area contributed by atoms with Crippen LogP contribution in [0, 0.1) is 0 Å². The summed E-state index contributed by atoms with van der Waals surface area (Å²) in [5, 5.41) is 29.1. The first-order valence-corrected chi connectivity index (χ1v) is 14.0. The predicted octanol–water partition coefficient (Wildman–Crippen LogP) is 7.58. The van der Waals surface area contributed by atoms with Crippen molar-refractivity contribution in [3.8, 4) is 11.1 Å². The fourth-order valence-electron chi connectivity index (χ4n) is 5.45. The molecule has 4 nitrogen and oxygen atoms in total. The lowest BCUT2D eigenvalue weighted by Gasteiger charge is -2.39. The largest absolute Gasteiger partial charge is 0.435 e. The van der Waals surface area contributed by atoms with Gasteiger partial charge in [0.25, 0.3) is 0 Å². The van der Waals surface area contributed by atoms with Gasteiger partial charge >= 0.3 is 18.0 Å². The van der Waals surface area contributed by atoms with Crippen molar-refractivity contribution in [2.24, 2.45) is 0 Å². The normalized spacial score (nSPS) is 13.7. The van der Waals surface area contributed by atoms with Crippen molar-refractivity contribution >= 4 is 5.69 Å². The van der Waals surface area contributed by atoms with Gasteiger partial charge in [-0.25, -0.2) is 4.39 Å². The lowest BCUT2D eigenvalue weighted by Crippen LogP contribution is -2.53. The van der Waals surface area contributed by atoms with E-state index in [-0.39, 0.29) is 42.9 Å². The Balaban J connectivity index is 2.54. The standard InChI is InChI=1S/C32H37F6NO3/c1-4-10-26-22(6-3)17-27(23-11-8-7-9-12-23)28(30(33,31(34,35)36)32(37,38)42)29(26)39(15-5-2)18-21-13-14-24(19-40)25(16-21)20-41/h7-9,11-14,16-17,40-42H,4-6,10,15,18-20H2,1-3H3. The molecule has 0 radical (unpaired) electrons. The smallest absolute Gasteiger partial charge is 0.392 e. The molecule has 10 heteroatoms. The van der Waals surface area contributed by atoms with Gasteiger partial charge in [-0.2, -0.15) is 22.0 Å². The molecule has 0 bridgehead atoms. The van der Waals surface area contributed by atoms with Gasteiger partial charge in [-0.3, -0.25) is 0 Å². The van der Waals surface area contributed by atoms with E-state index in [2.05, 4.69) is 0 Å². The number of halogens is 6. The summed E-state index contributed by atoms with van der Waals surface area (Å²) in [6.45, 7) is 4.54. The van der Waals surface area contributed by atoms with Crippen LogP contribution in [0.3, 0.4) is 0 Å². The number of anilines is 1. The van der Waals surface area contributed by atoms with Crippen molar-refractivity contribution in [1.29, 1.82) is 0 Å². The van der Waals surface area contributed by atoms with Gasteiger partial charge in [0.15, 0.2) is 0 Å². The molecule has 230 valence electrons. The van der Waals surface area contributed by atoms with E-state index < -0.39 is 30.1 Å². The fraction of sp³-hybridized carbons (Fsp3) is 0.438. The Morgan fingerprint density at radius 3 is 1.90 bits per heavy atom. The van der Waals surface area contributed by atoms with Crippen LogP contribution in [-0.2, 0) is 38.3 Å². The number of hydrogen-bond donors (Lipinski definition) is 3. The van der Waals surface area contributed by atoms with Crippen LogP contribution in [0.15, 0.2) is 54.6 Å². The second kappa shape index (κ2) is 13.5.